The second-order valence-electron chi connectivity index (χ2n) is 4.55. The molecule has 1 heterocycles. The molecule has 0 saturated heterocycles. The molecule has 0 bridgehead atoms. The summed E-state index contributed by atoms with van der Waals surface area (Å²) >= 11 is 1.39. The van der Waals surface area contributed by atoms with Gasteiger partial charge in [-0.15, -0.1) is 11.8 Å². The molecule has 106 valence electrons. The first-order valence-corrected chi connectivity index (χ1v) is 7.31. The second-order valence-corrected chi connectivity index (χ2v) is 5.60. The number of thioether (sulfide) groups is 1. The molecule has 0 aliphatic rings. The van der Waals surface area contributed by atoms with E-state index >= 15 is 0 Å². The van der Waals surface area contributed by atoms with Crippen molar-refractivity contribution >= 4 is 17.7 Å². The van der Waals surface area contributed by atoms with Crippen molar-refractivity contribution in [2.75, 3.05) is 5.75 Å². The molecule has 1 atom stereocenters. The van der Waals surface area contributed by atoms with Crippen molar-refractivity contribution in [3.8, 4) is 0 Å². The van der Waals surface area contributed by atoms with Crippen LogP contribution in [-0.2, 0) is 11.2 Å². The standard InChI is InChI=1S/C15H16FNO2S/c1-11(8-12-6-7-19-9-12)17-15(18)10-20-14-4-2-13(16)3-5-14/h2-7,9,11H,8,10H2,1H3,(H,17,18). The molecule has 0 fully saturated rings. The quantitative estimate of drug-likeness (QED) is 0.831. The van der Waals surface area contributed by atoms with Crippen LogP contribution in [0.15, 0.2) is 52.2 Å². The topological polar surface area (TPSA) is 42.2 Å². The van der Waals surface area contributed by atoms with E-state index in [4.69, 9.17) is 4.42 Å². The first kappa shape index (κ1) is 14.7. The van der Waals surface area contributed by atoms with Crippen LogP contribution in [0.3, 0.4) is 0 Å². The van der Waals surface area contributed by atoms with Gasteiger partial charge in [-0.05, 0) is 49.2 Å². The number of amides is 1. The maximum absolute atomic E-state index is 12.7. The maximum Gasteiger partial charge on any atom is 0.230 e. The predicted molar refractivity (Wildman–Crippen MR) is 77.1 cm³/mol. The number of rotatable bonds is 6. The van der Waals surface area contributed by atoms with Gasteiger partial charge in [-0.2, -0.15) is 0 Å². The molecule has 0 saturated carbocycles. The summed E-state index contributed by atoms with van der Waals surface area (Å²) < 4.78 is 17.7. The van der Waals surface area contributed by atoms with E-state index < -0.39 is 0 Å². The van der Waals surface area contributed by atoms with Crippen LogP contribution in [0.2, 0.25) is 0 Å². The molecular weight excluding hydrogens is 277 g/mol. The van der Waals surface area contributed by atoms with E-state index in [1.807, 2.05) is 13.0 Å². The van der Waals surface area contributed by atoms with Crippen LogP contribution in [-0.4, -0.2) is 17.7 Å². The normalized spacial score (nSPS) is 12.1. The minimum atomic E-state index is -0.271. The van der Waals surface area contributed by atoms with Gasteiger partial charge in [-0.25, -0.2) is 4.39 Å². The van der Waals surface area contributed by atoms with Crippen molar-refractivity contribution < 1.29 is 13.6 Å². The molecule has 0 spiro atoms. The third-order valence-corrected chi connectivity index (χ3v) is 3.72. The van der Waals surface area contributed by atoms with E-state index in [1.165, 1.54) is 23.9 Å². The van der Waals surface area contributed by atoms with Gasteiger partial charge in [0, 0.05) is 10.9 Å². The van der Waals surface area contributed by atoms with Gasteiger partial charge in [0.15, 0.2) is 0 Å². The summed E-state index contributed by atoms with van der Waals surface area (Å²) in [6.45, 7) is 1.95. The number of halogens is 1. The van der Waals surface area contributed by atoms with Crippen LogP contribution >= 0.6 is 11.8 Å². The fourth-order valence-electron chi connectivity index (χ4n) is 1.81. The highest BCUT2D eigenvalue weighted by molar-refractivity contribution is 8.00. The molecule has 1 amide bonds. The summed E-state index contributed by atoms with van der Waals surface area (Å²) in [5.74, 6) is 0.0179. The molecule has 0 radical (unpaired) electrons. The first-order chi connectivity index (χ1) is 9.63. The van der Waals surface area contributed by atoms with E-state index in [2.05, 4.69) is 5.32 Å². The highest BCUT2D eigenvalue weighted by atomic mass is 32.2. The molecule has 5 heteroatoms. The van der Waals surface area contributed by atoms with Crippen LogP contribution < -0.4 is 5.32 Å². The number of furan rings is 1. The monoisotopic (exact) mass is 293 g/mol. The molecule has 0 aliphatic heterocycles. The highest BCUT2D eigenvalue weighted by Crippen LogP contribution is 2.17. The molecule has 1 aromatic heterocycles. The number of nitrogens with one attached hydrogen (secondary N) is 1. The zero-order valence-electron chi connectivity index (χ0n) is 11.1. The smallest absolute Gasteiger partial charge is 0.230 e. The average Bonchev–Trinajstić information content (AvgIpc) is 2.90. The molecule has 2 aromatic rings. The number of hydrogen-bond acceptors (Lipinski definition) is 3. The van der Waals surface area contributed by atoms with E-state index in [9.17, 15) is 9.18 Å². The Morgan fingerprint density at radius 3 is 2.75 bits per heavy atom. The summed E-state index contributed by atoms with van der Waals surface area (Å²) in [7, 11) is 0. The van der Waals surface area contributed by atoms with E-state index in [1.54, 1.807) is 24.7 Å². The van der Waals surface area contributed by atoms with Gasteiger partial charge in [0.2, 0.25) is 5.91 Å². The largest absolute Gasteiger partial charge is 0.472 e. The minimum Gasteiger partial charge on any atom is -0.472 e. The third kappa shape index (κ3) is 4.74. The molecular formula is C15H16FNO2S. The van der Waals surface area contributed by atoms with Crippen LogP contribution in [0.4, 0.5) is 4.39 Å². The Morgan fingerprint density at radius 1 is 1.35 bits per heavy atom. The fourth-order valence-corrected chi connectivity index (χ4v) is 2.52. The number of carbonyl (C=O) groups is 1. The summed E-state index contributed by atoms with van der Waals surface area (Å²) in [5.41, 5.74) is 1.06. The Morgan fingerprint density at radius 2 is 2.10 bits per heavy atom. The summed E-state index contributed by atoms with van der Waals surface area (Å²) in [6, 6.07) is 8.05. The first-order valence-electron chi connectivity index (χ1n) is 6.32. The zero-order chi connectivity index (χ0) is 14.4. The maximum atomic E-state index is 12.7. The van der Waals surface area contributed by atoms with Gasteiger partial charge in [0.25, 0.3) is 0 Å². The summed E-state index contributed by atoms with van der Waals surface area (Å²) in [5, 5.41) is 2.92. The lowest BCUT2D eigenvalue weighted by atomic mass is 10.1. The van der Waals surface area contributed by atoms with E-state index in [0.29, 0.717) is 5.75 Å². The fraction of sp³-hybridized carbons (Fsp3) is 0.267. The summed E-state index contributed by atoms with van der Waals surface area (Å²) in [4.78, 5) is 12.7. The van der Waals surface area contributed by atoms with Crippen LogP contribution in [0, 0.1) is 5.82 Å². The summed E-state index contributed by atoms with van der Waals surface area (Å²) in [6.07, 6.45) is 4.04. The molecule has 20 heavy (non-hydrogen) atoms. The lowest BCUT2D eigenvalue weighted by Crippen LogP contribution is -2.35. The SMILES string of the molecule is CC(Cc1ccoc1)NC(=O)CSc1ccc(F)cc1. The predicted octanol–water partition coefficient (Wildman–Crippen LogP) is 3.26. The number of benzene rings is 1. The van der Waals surface area contributed by atoms with Crippen LogP contribution in [0.5, 0.6) is 0 Å². The van der Waals surface area contributed by atoms with Crippen molar-refractivity contribution in [1.29, 1.82) is 0 Å². The lowest BCUT2D eigenvalue weighted by Gasteiger charge is -2.12. The number of hydrogen-bond donors (Lipinski definition) is 1. The highest BCUT2D eigenvalue weighted by Gasteiger charge is 2.09. The van der Waals surface area contributed by atoms with Gasteiger partial charge in [0.1, 0.15) is 5.82 Å². The van der Waals surface area contributed by atoms with Gasteiger partial charge in [-0.3, -0.25) is 4.79 Å². The van der Waals surface area contributed by atoms with E-state index in [0.717, 1.165) is 16.9 Å². The molecule has 1 N–H and O–H groups in total. The minimum absolute atomic E-state index is 0.0321. The van der Waals surface area contributed by atoms with Gasteiger partial charge < -0.3 is 9.73 Å². The Labute approximate surface area is 121 Å². The third-order valence-electron chi connectivity index (χ3n) is 2.71. The average molecular weight is 293 g/mol. The Balaban J connectivity index is 1.73. The molecule has 1 aromatic carbocycles. The van der Waals surface area contributed by atoms with Crippen molar-refractivity contribution in [2.24, 2.45) is 0 Å². The zero-order valence-corrected chi connectivity index (χ0v) is 12.0. The molecule has 1 unspecified atom stereocenters. The van der Waals surface area contributed by atoms with Crippen molar-refractivity contribution in [2.45, 2.75) is 24.3 Å². The molecule has 3 nitrogen and oxygen atoms in total. The molecule has 2 rings (SSSR count). The Bertz CT molecular complexity index is 540. The van der Waals surface area contributed by atoms with Crippen molar-refractivity contribution in [3.63, 3.8) is 0 Å². The lowest BCUT2D eigenvalue weighted by molar-refractivity contribution is -0.119. The Hall–Kier alpha value is -1.75. The van der Waals surface area contributed by atoms with Gasteiger partial charge in [-0.1, -0.05) is 0 Å². The van der Waals surface area contributed by atoms with Crippen molar-refractivity contribution in [3.05, 3.63) is 54.2 Å². The van der Waals surface area contributed by atoms with Crippen LogP contribution in [0.25, 0.3) is 0 Å². The molecule has 0 aliphatic carbocycles. The van der Waals surface area contributed by atoms with Crippen molar-refractivity contribution in [1.82, 2.24) is 5.32 Å². The van der Waals surface area contributed by atoms with Gasteiger partial charge in [0.05, 0.1) is 18.3 Å². The Kier molecular flexibility index (Phi) is 5.24. The number of carbonyl (C=O) groups excluding carboxylic acids is 1. The second kappa shape index (κ2) is 7.14. The van der Waals surface area contributed by atoms with Gasteiger partial charge >= 0.3 is 0 Å². The van der Waals surface area contributed by atoms with E-state index in [-0.39, 0.29) is 17.8 Å². The van der Waals surface area contributed by atoms with Crippen LogP contribution in [0.1, 0.15) is 12.5 Å².